The predicted molar refractivity (Wildman–Crippen MR) is 91.7 cm³/mol. The summed E-state index contributed by atoms with van der Waals surface area (Å²) in [5, 5.41) is 0. The van der Waals surface area contributed by atoms with Crippen molar-refractivity contribution in [2.24, 2.45) is 11.7 Å². The molecule has 2 aromatic rings. The SMILES string of the molecule is NC[C@@H]1CN(C(=O)c2ccc(F)c(Br)c2)C[C@H]1c1ccccc1. The van der Waals surface area contributed by atoms with E-state index in [1.165, 1.54) is 23.8 Å². The second kappa shape index (κ2) is 6.81. The molecule has 0 aromatic heterocycles. The first-order chi connectivity index (χ1) is 11.1. The van der Waals surface area contributed by atoms with Crippen LogP contribution in [0.4, 0.5) is 4.39 Å². The van der Waals surface area contributed by atoms with Gasteiger partial charge in [-0.3, -0.25) is 4.79 Å². The Bertz CT molecular complexity index is 707. The first kappa shape index (κ1) is 16.1. The number of nitrogens with zero attached hydrogens (tertiary/aromatic N) is 1. The number of halogens is 2. The van der Waals surface area contributed by atoms with Crippen molar-refractivity contribution in [2.45, 2.75) is 5.92 Å². The largest absolute Gasteiger partial charge is 0.338 e. The number of nitrogens with two attached hydrogens (primary N) is 1. The van der Waals surface area contributed by atoms with Gasteiger partial charge in [-0.25, -0.2) is 4.39 Å². The zero-order valence-corrected chi connectivity index (χ0v) is 14.2. The number of carbonyl (C=O) groups is 1. The molecule has 0 spiro atoms. The Balaban J connectivity index is 1.81. The molecule has 3 nitrogen and oxygen atoms in total. The van der Waals surface area contributed by atoms with Gasteiger partial charge in [0, 0.05) is 24.6 Å². The second-order valence-electron chi connectivity index (χ2n) is 5.85. The molecular formula is C18H18BrFN2O. The Morgan fingerprint density at radius 3 is 2.61 bits per heavy atom. The third-order valence-electron chi connectivity index (χ3n) is 4.43. The van der Waals surface area contributed by atoms with E-state index in [0.29, 0.717) is 29.7 Å². The van der Waals surface area contributed by atoms with Gasteiger partial charge in [-0.15, -0.1) is 0 Å². The summed E-state index contributed by atoms with van der Waals surface area (Å²) < 4.78 is 13.7. The third kappa shape index (κ3) is 3.31. The van der Waals surface area contributed by atoms with Crippen LogP contribution < -0.4 is 5.73 Å². The van der Waals surface area contributed by atoms with Crippen LogP contribution in [0.1, 0.15) is 21.8 Å². The summed E-state index contributed by atoms with van der Waals surface area (Å²) in [4.78, 5) is 14.5. The normalized spacial score (nSPS) is 20.7. The predicted octanol–water partition coefficient (Wildman–Crippen LogP) is 3.40. The van der Waals surface area contributed by atoms with Crippen molar-refractivity contribution in [2.75, 3.05) is 19.6 Å². The summed E-state index contributed by atoms with van der Waals surface area (Å²) in [5.74, 6) is 0.0341. The van der Waals surface area contributed by atoms with E-state index in [2.05, 4.69) is 28.1 Å². The number of carbonyl (C=O) groups excluding carboxylic acids is 1. The van der Waals surface area contributed by atoms with Crippen LogP contribution in [0.2, 0.25) is 0 Å². The molecule has 5 heteroatoms. The van der Waals surface area contributed by atoms with Crippen molar-refractivity contribution in [3.05, 3.63) is 69.9 Å². The molecule has 120 valence electrons. The lowest BCUT2D eigenvalue weighted by Gasteiger charge is -2.17. The van der Waals surface area contributed by atoms with Gasteiger partial charge in [-0.05, 0) is 52.2 Å². The Labute approximate surface area is 143 Å². The lowest BCUT2D eigenvalue weighted by molar-refractivity contribution is 0.0786. The van der Waals surface area contributed by atoms with Gasteiger partial charge in [-0.2, -0.15) is 0 Å². The zero-order valence-electron chi connectivity index (χ0n) is 12.6. The molecule has 1 heterocycles. The Kier molecular flexibility index (Phi) is 4.78. The third-order valence-corrected chi connectivity index (χ3v) is 5.03. The highest BCUT2D eigenvalue weighted by molar-refractivity contribution is 9.10. The molecule has 0 unspecified atom stereocenters. The highest BCUT2D eigenvalue weighted by atomic mass is 79.9. The fraction of sp³-hybridized carbons (Fsp3) is 0.278. The van der Waals surface area contributed by atoms with Crippen molar-refractivity contribution in [3.8, 4) is 0 Å². The average Bonchev–Trinajstić information content (AvgIpc) is 3.02. The molecule has 1 aliphatic heterocycles. The molecule has 23 heavy (non-hydrogen) atoms. The average molecular weight is 377 g/mol. The summed E-state index contributed by atoms with van der Waals surface area (Å²) in [6.07, 6.45) is 0. The summed E-state index contributed by atoms with van der Waals surface area (Å²) in [5.41, 5.74) is 7.61. The van der Waals surface area contributed by atoms with E-state index >= 15 is 0 Å². The number of rotatable bonds is 3. The molecule has 1 amide bonds. The van der Waals surface area contributed by atoms with Crippen molar-refractivity contribution in [3.63, 3.8) is 0 Å². The van der Waals surface area contributed by atoms with Crippen molar-refractivity contribution in [1.29, 1.82) is 0 Å². The molecule has 1 fully saturated rings. The Morgan fingerprint density at radius 2 is 1.96 bits per heavy atom. The van der Waals surface area contributed by atoms with E-state index < -0.39 is 0 Å². The lowest BCUT2D eigenvalue weighted by atomic mass is 9.89. The van der Waals surface area contributed by atoms with Crippen LogP contribution in [0, 0.1) is 11.7 Å². The van der Waals surface area contributed by atoms with E-state index in [1.54, 1.807) is 0 Å². The van der Waals surface area contributed by atoms with E-state index in [0.717, 1.165) is 0 Å². The number of amides is 1. The minimum atomic E-state index is -0.370. The van der Waals surface area contributed by atoms with E-state index in [4.69, 9.17) is 5.73 Å². The first-order valence-electron chi connectivity index (χ1n) is 7.59. The van der Waals surface area contributed by atoms with Crippen LogP contribution in [0.25, 0.3) is 0 Å². The molecule has 3 rings (SSSR count). The molecule has 2 aromatic carbocycles. The first-order valence-corrected chi connectivity index (χ1v) is 8.38. The van der Waals surface area contributed by atoms with E-state index in [9.17, 15) is 9.18 Å². The fourth-order valence-electron chi connectivity index (χ4n) is 3.17. The molecule has 0 aliphatic carbocycles. The maximum atomic E-state index is 13.4. The fourth-order valence-corrected chi connectivity index (χ4v) is 3.54. The summed E-state index contributed by atoms with van der Waals surface area (Å²) >= 11 is 3.13. The molecule has 1 saturated heterocycles. The maximum absolute atomic E-state index is 13.4. The van der Waals surface area contributed by atoms with Gasteiger partial charge >= 0.3 is 0 Å². The number of hydrogen-bond acceptors (Lipinski definition) is 2. The number of hydrogen-bond donors (Lipinski definition) is 1. The van der Waals surface area contributed by atoms with E-state index in [1.807, 2.05) is 23.1 Å². The van der Waals surface area contributed by atoms with Crippen LogP contribution >= 0.6 is 15.9 Å². The van der Waals surface area contributed by atoms with Crippen LogP contribution in [0.3, 0.4) is 0 Å². The van der Waals surface area contributed by atoms with Gasteiger partial charge in [0.25, 0.3) is 5.91 Å². The van der Waals surface area contributed by atoms with Crippen molar-refractivity contribution >= 4 is 21.8 Å². The quantitative estimate of drug-likeness (QED) is 0.891. The van der Waals surface area contributed by atoms with Gasteiger partial charge in [0.15, 0.2) is 0 Å². The van der Waals surface area contributed by atoms with Gasteiger partial charge in [0.1, 0.15) is 5.82 Å². The van der Waals surface area contributed by atoms with Crippen LogP contribution in [0.15, 0.2) is 53.0 Å². The van der Waals surface area contributed by atoms with Crippen molar-refractivity contribution < 1.29 is 9.18 Å². The van der Waals surface area contributed by atoms with Gasteiger partial charge < -0.3 is 10.6 Å². The molecule has 0 radical (unpaired) electrons. The van der Waals surface area contributed by atoms with Crippen LogP contribution in [-0.4, -0.2) is 30.4 Å². The standard InChI is InChI=1S/C18H18BrFN2O/c19-16-8-13(6-7-17(16)20)18(23)22-10-14(9-21)15(11-22)12-4-2-1-3-5-12/h1-8,14-15H,9-11,21H2/t14-,15+/m1/s1. The smallest absolute Gasteiger partial charge is 0.253 e. The monoisotopic (exact) mass is 376 g/mol. The second-order valence-corrected chi connectivity index (χ2v) is 6.71. The number of likely N-dealkylation sites (tertiary alicyclic amines) is 1. The minimum Gasteiger partial charge on any atom is -0.338 e. The molecule has 2 atom stereocenters. The van der Waals surface area contributed by atoms with Crippen molar-refractivity contribution in [1.82, 2.24) is 4.90 Å². The molecular weight excluding hydrogens is 359 g/mol. The topological polar surface area (TPSA) is 46.3 Å². The van der Waals surface area contributed by atoms with Crippen LogP contribution in [0.5, 0.6) is 0 Å². The summed E-state index contributed by atoms with van der Waals surface area (Å²) in [6, 6.07) is 14.5. The Morgan fingerprint density at radius 1 is 1.22 bits per heavy atom. The number of benzene rings is 2. The highest BCUT2D eigenvalue weighted by Gasteiger charge is 2.35. The molecule has 0 bridgehead atoms. The van der Waals surface area contributed by atoms with E-state index in [-0.39, 0.29) is 23.6 Å². The lowest BCUT2D eigenvalue weighted by Crippen LogP contribution is -2.29. The summed E-state index contributed by atoms with van der Waals surface area (Å²) in [7, 11) is 0. The van der Waals surface area contributed by atoms with Gasteiger partial charge in [0.05, 0.1) is 4.47 Å². The van der Waals surface area contributed by atoms with Crippen LogP contribution in [-0.2, 0) is 0 Å². The summed E-state index contributed by atoms with van der Waals surface area (Å²) in [6.45, 7) is 1.81. The molecule has 0 saturated carbocycles. The molecule has 1 aliphatic rings. The maximum Gasteiger partial charge on any atom is 0.253 e. The zero-order chi connectivity index (χ0) is 16.4. The minimum absolute atomic E-state index is 0.0809. The Hall–Kier alpha value is -1.72. The van der Waals surface area contributed by atoms with Gasteiger partial charge in [-0.1, -0.05) is 30.3 Å². The highest BCUT2D eigenvalue weighted by Crippen LogP contribution is 2.33. The van der Waals surface area contributed by atoms with Gasteiger partial charge in [0.2, 0.25) is 0 Å². The molecule has 2 N–H and O–H groups in total.